The Balaban J connectivity index is 1.89. The third-order valence-corrected chi connectivity index (χ3v) is 3.17. The average molecular weight is 280 g/mol. The lowest BCUT2D eigenvalue weighted by Gasteiger charge is -2.11. The van der Waals surface area contributed by atoms with Crippen molar-refractivity contribution in [2.75, 3.05) is 0 Å². The van der Waals surface area contributed by atoms with Gasteiger partial charge in [-0.3, -0.25) is 4.98 Å². The van der Waals surface area contributed by atoms with Gasteiger partial charge in [-0.15, -0.1) is 0 Å². The van der Waals surface area contributed by atoms with Crippen molar-refractivity contribution in [3.63, 3.8) is 0 Å². The number of hydrogen-bond donors (Lipinski definition) is 1. The Bertz CT molecular complexity index is 533. The van der Waals surface area contributed by atoms with Crippen LogP contribution in [0.15, 0.2) is 42.6 Å². The summed E-state index contributed by atoms with van der Waals surface area (Å²) in [6.07, 6.45) is 2.66. The number of nitrogens with zero attached hydrogens (tertiary/aromatic N) is 1. The van der Waals surface area contributed by atoms with Gasteiger partial charge in [-0.05, 0) is 42.7 Å². The number of aliphatic hydroxyl groups excluding tert-OH is 1. The number of aromatic nitrogens is 1. The minimum absolute atomic E-state index is 0.288. The summed E-state index contributed by atoms with van der Waals surface area (Å²) < 4.78 is 13.6. The van der Waals surface area contributed by atoms with E-state index >= 15 is 0 Å². The molecule has 0 radical (unpaired) electrons. The van der Waals surface area contributed by atoms with Crippen LogP contribution in [0.4, 0.5) is 4.39 Å². The first-order valence-corrected chi connectivity index (χ1v) is 6.55. The van der Waals surface area contributed by atoms with Crippen LogP contribution in [0.2, 0.25) is 5.02 Å². The van der Waals surface area contributed by atoms with Crippen molar-refractivity contribution in [1.29, 1.82) is 0 Å². The van der Waals surface area contributed by atoms with E-state index in [0.29, 0.717) is 23.4 Å². The molecule has 0 amide bonds. The van der Waals surface area contributed by atoms with Crippen LogP contribution in [0.1, 0.15) is 17.7 Å². The van der Waals surface area contributed by atoms with Crippen LogP contribution in [0, 0.1) is 5.82 Å². The highest BCUT2D eigenvalue weighted by atomic mass is 35.5. The summed E-state index contributed by atoms with van der Waals surface area (Å²) in [5, 5.41) is 10.3. The van der Waals surface area contributed by atoms with Gasteiger partial charge in [0.1, 0.15) is 5.82 Å². The predicted octanol–water partition coefficient (Wildman–Crippen LogP) is 3.41. The second kappa shape index (κ2) is 6.64. The zero-order valence-corrected chi connectivity index (χ0v) is 11.1. The molecule has 0 spiro atoms. The molecule has 2 nitrogen and oxygen atoms in total. The maximum atomic E-state index is 13.6. The van der Waals surface area contributed by atoms with Crippen LogP contribution in [-0.2, 0) is 12.8 Å². The molecule has 0 saturated heterocycles. The van der Waals surface area contributed by atoms with Crippen molar-refractivity contribution in [3.05, 3.63) is 64.7 Å². The van der Waals surface area contributed by atoms with Crippen LogP contribution >= 0.6 is 11.6 Å². The molecule has 19 heavy (non-hydrogen) atoms. The van der Waals surface area contributed by atoms with Crippen LogP contribution in [0.25, 0.3) is 0 Å². The molecule has 1 aromatic carbocycles. The molecule has 0 aliphatic rings. The van der Waals surface area contributed by atoms with Gasteiger partial charge in [0.05, 0.1) is 6.10 Å². The van der Waals surface area contributed by atoms with E-state index in [9.17, 15) is 9.50 Å². The van der Waals surface area contributed by atoms with E-state index in [0.717, 1.165) is 5.69 Å². The molecule has 0 aliphatic carbocycles. The van der Waals surface area contributed by atoms with Crippen LogP contribution < -0.4 is 0 Å². The van der Waals surface area contributed by atoms with Crippen molar-refractivity contribution in [3.8, 4) is 0 Å². The van der Waals surface area contributed by atoms with Crippen molar-refractivity contribution in [1.82, 2.24) is 4.98 Å². The molecule has 0 saturated carbocycles. The van der Waals surface area contributed by atoms with Crippen molar-refractivity contribution < 1.29 is 9.50 Å². The molecule has 0 aliphatic heterocycles. The van der Waals surface area contributed by atoms with E-state index in [1.165, 1.54) is 6.07 Å². The fourth-order valence-corrected chi connectivity index (χ4v) is 2.06. The van der Waals surface area contributed by atoms with Gasteiger partial charge in [-0.2, -0.15) is 0 Å². The summed E-state index contributed by atoms with van der Waals surface area (Å²) in [4.78, 5) is 4.18. The Morgan fingerprint density at radius 3 is 2.79 bits per heavy atom. The Kier molecular flexibility index (Phi) is 4.88. The summed E-state index contributed by atoms with van der Waals surface area (Å²) in [7, 11) is 0. The number of aliphatic hydroxyl groups is 1. The van der Waals surface area contributed by atoms with E-state index in [1.54, 1.807) is 18.3 Å². The summed E-state index contributed by atoms with van der Waals surface area (Å²) in [5.74, 6) is -0.371. The second-order valence-corrected chi connectivity index (χ2v) is 4.89. The van der Waals surface area contributed by atoms with Gasteiger partial charge >= 0.3 is 0 Å². The standard InChI is InChI=1S/C15H15ClFNO/c16-12-5-4-11(15(17)10-12)9-14(19)7-6-13-3-1-2-8-18-13/h1-5,8,10,14,19H,6-7,9H2. The quantitative estimate of drug-likeness (QED) is 0.910. The molecule has 1 atom stereocenters. The molecule has 2 aromatic rings. The van der Waals surface area contributed by atoms with Gasteiger partial charge in [0, 0.05) is 23.3 Å². The van der Waals surface area contributed by atoms with E-state index in [2.05, 4.69) is 4.98 Å². The normalized spacial score (nSPS) is 12.4. The Morgan fingerprint density at radius 1 is 1.26 bits per heavy atom. The second-order valence-electron chi connectivity index (χ2n) is 4.45. The smallest absolute Gasteiger partial charge is 0.127 e. The molecule has 0 bridgehead atoms. The molecular formula is C15H15ClFNO. The maximum Gasteiger partial charge on any atom is 0.127 e. The molecule has 4 heteroatoms. The first-order valence-electron chi connectivity index (χ1n) is 6.17. The molecule has 1 N–H and O–H groups in total. The number of hydrogen-bond acceptors (Lipinski definition) is 2. The van der Waals surface area contributed by atoms with Gasteiger partial charge in [0.2, 0.25) is 0 Å². The lowest BCUT2D eigenvalue weighted by molar-refractivity contribution is 0.163. The van der Waals surface area contributed by atoms with Crippen LogP contribution in [-0.4, -0.2) is 16.2 Å². The minimum Gasteiger partial charge on any atom is -0.393 e. The predicted molar refractivity (Wildman–Crippen MR) is 73.7 cm³/mol. The highest BCUT2D eigenvalue weighted by molar-refractivity contribution is 6.30. The van der Waals surface area contributed by atoms with Gasteiger partial charge in [0.15, 0.2) is 0 Å². The summed E-state index contributed by atoms with van der Waals surface area (Å²) >= 11 is 5.68. The number of pyridine rings is 1. The van der Waals surface area contributed by atoms with Gasteiger partial charge < -0.3 is 5.11 Å². The largest absolute Gasteiger partial charge is 0.393 e. The molecule has 2 rings (SSSR count). The minimum atomic E-state index is -0.585. The van der Waals surface area contributed by atoms with Gasteiger partial charge in [-0.1, -0.05) is 23.7 Å². The van der Waals surface area contributed by atoms with E-state index < -0.39 is 6.10 Å². The lowest BCUT2D eigenvalue weighted by atomic mass is 10.0. The van der Waals surface area contributed by atoms with Crippen LogP contribution in [0.5, 0.6) is 0 Å². The van der Waals surface area contributed by atoms with Gasteiger partial charge in [0.25, 0.3) is 0 Å². The fourth-order valence-electron chi connectivity index (χ4n) is 1.90. The Labute approximate surface area is 116 Å². The number of halogens is 2. The Hall–Kier alpha value is -1.45. The molecule has 100 valence electrons. The van der Waals surface area contributed by atoms with E-state index in [-0.39, 0.29) is 12.2 Å². The van der Waals surface area contributed by atoms with E-state index in [1.807, 2.05) is 18.2 Å². The number of aryl methyl sites for hydroxylation is 1. The number of benzene rings is 1. The number of rotatable bonds is 5. The SMILES string of the molecule is OC(CCc1ccccn1)Cc1ccc(Cl)cc1F. The highest BCUT2D eigenvalue weighted by Crippen LogP contribution is 2.17. The molecular weight excluding hydrogens is 265 g/mol. The van der Waals surface area contributed by atoms with Crippen molar-refractivity contribution in [2.45, 2.75) is 25.4 Å². The third kappa shape index (κ3) is 4.30. The molecule has 0 fully saturated rings. The first kappa shape index (κ1) is 14.0. The van der Waals surface area contributed by atoms with Crippen molar-refractivity contribution >= 4 is 11.6 Å². The monoisotopic (exact) mass is 279 g/mol. The maximum absolute atomic E-state index is 13.6. The summed E-state index contributed by atoms with van der Waals surface area (Å²) in [6.45, 7) is 0. The molecule has 1 unspecified atom stereocenters. The van der Waals surface area contributed by atoms with Crippen LogP contribution in [0.3, 0.4) is 0 Å². The van der Waals surface area contributed by atoms with E-state index in [4.69, 9.17) is 11.6 Å². The average Bonchev–Trinajstić information content (AvgIpc) is 2.41. The summed E-state index contributed by atoms with van der Waals surface area (Å²) in [5.41, 5.74) is 1.41. The highest BCUT2D eigenvalue weighted by Gasteiger charge is 2.10. The molecule has 1 heterocycles. The summed E-state index contributed by atoms with van der Waals surface area (Å²) in [6, 6.07) is 10.2. The topological polar surface area (TPSA) is 33.1 Å². The fraction of sp³-hybridized carbons (Fsp3) is 0.267. The first-order chi connectivity index (χ1) is 9.15. The lowest BCUT2D eigenvalue weighted by Crippen LogP contribution is -2.13. The van der Waals surface area contributed by atoms with Crippen molar-refractivity contribution in [2.24, 2.45) is 0 Å². The van der Waals surface area contributed by atoms with Gasteiger partial charge in [-0.25, -0.2) is 4.39 Å². The molecule has 1 aromatic heterocycles. The zero-order chi connectivity index (χ0) is 13.7. The zero-order valence-electron chi connectivity index (χ0n) is 10.4. The third-order valence-electron chi connectivity index (χ3n) is 2.93. The Morgan fingerprint density at radius 2 is 2.11 bits per heavy atom.